The molecule has 0 unspecified atom stereocenters. The first-order chi connectivity index (χ1) is 9.22. The van der Waals surface area contributed by atoms with Crippen LogP contribution in [0.5, 0.6) is 0 Å². The monoisotopic (exact) mass is 263 g/mol. The predicted octanol–water partition coefficient (Wildman–Crippen LogP) is 2.46. The molecule has 106 valence electrons. The van der Waals surface area contributed by atoms with Crippen LogP contribution in [0.3, 0.4) is 0 Å². The lowest BCUT2D eigenvalue weighted by Gasteiger charge is -2.22. The molecule has 0 spiro atoms. The van der Waals surface area contributed by atoms with Crippen LogP contribution in [0.4, 0.5) is 0 Å². The van der Waals surface area contributed by atoms with Gasteiger partial charge in [-0.25, -0.2) is 0 Å². The second kappa shape index (κ2) is 6.73. The summed E-state index contributed by atoms with van der Waals surface area (Å²) in [6, 6.07) is 2.49. The highest BCUT2D eigenvalue weighted by Gasteiger charge is 2.16. The van der Waals surface area contributed by atoms with Crippen molar-refractivity contribution in [1.29, 1.82) is 0 Å². The molecular weight excluding hydrogens is 238 g/mol. The summed E-state index contributed by atoms with van der Waals surface area (Å²) < 4.78 is 1.86. The maximum atomic E-state index is 12.1. The van der Waals surface area contributed by atoms with Gasteiger partial charge in [-0.05, 0) is 31.7 Å². The average Bonchev–Trinajstić information content (AvgIpc) is 2.82. The third kappa shape index (κ3) is 3.82. The molecule has 1 aliphatic carbocycles. The first kappa shape index (κ1) is 14.1. The predicted molar refractivity (Wildman–Crippen MR) is 76.0 cm³/mol. The fourth-order valence-electron chi connectivity index (χ4n) is 2.77. The fraction of sp³-hybridized carbons (Fsp3) is 0.733. The number of carbonyl (C=O) groups excluding carboxylic acids is 1. The molecule has 0 aliphatic heterocycles. The van der Waals surface area contributed by atoms with E-state index in [9.17, 15) is 4.79 Å². The van der Waals surface area contributed by atoms with E-state index in [-0.39, 0.29) is 5.91 Å². The SMILES string of the molecule is CCc1cc(CC)n(CC(=O)NC2CCCCC2)n1. The fourth-order valence-corrected chi connectivity index (χ4v) is 2.77. The topological polar surface area (TPSA) is 46.9 Å². The molecule has 1 amide bonds. The Morgan fingerprint density at radius 2 is 2.05 bits per heavy atom. The average molecular weight is 263 g/mol. The van der Waals surface area contributed by atoms with Crippen molar-refractivity contribution in [3.8, 4) is 0 Å². The Kier molecular flexibility index (Phi) is 5.00. The highest BCUT2D eigenvalue weighted by atomic mass is 16.2. The normalized spacial score (nSPS) is 16.5. The van der Waals surface area contributed by atoms with Crippen molar-refractivity contribution in [3.63, 3.8) is 0 Å². The van der Waals surface area contributed by atoms with Gasteiger partial charge < -0.3 is 5.32 Å². The molecule has 0 bridgehead atoms. The number of hydrogen-bond acceptors (Lipinski definition) is 2. The molecule has 0 atom stereocenters. The molecule has 0 radical (unpaired) electrons. The zero-order valence-corrected chi connectivity index (χ0v) is 12.1. The van der Waals surface area contributed by atoms with Crippen LogP contribution in [0, 0.1) is 0 Å². The van der Waals surface area contributed by atoms with E-state index in [1.807, 2.05) is 4.68 Å². The van der Waals surface area contributed by atoms with Gasteiger partial charge in [0, 0.05) is 11.7 Å². The molecule has 0 aromatic carbocycles. The van der Waals surface area contributed by atoms with Crippen molar-refractivity contribution in [2.24, 2.45) is 0 Å². The molecule has 1 aromatic heterocycles. The summed E-state index contributed by atoms with van der Waals surface area (Å²) in [5.74, 6) is 0.104. The Hall–Kier alpha value is -1.32. The lowest BCUT2D eigenvalue weighted by atomic mass is 9.95. The van der Waals surface area contributed by atoms with Crippen LogP contribution >= 0.6 is 0 Å². The first-order valence-corrected chi connectivity index (χ1v) is 7.57. The van der Waals surface area contributed by atoms with E-state index in [0.29, 0.717) is 12.6 Å². The maximum Gasteiger partial charge on any atom is 0.241 e. The Labute approximate surface area is 115 Å². The second-order valence-electron chi connectivity index (χ2n) is 5.39. The largest absolute Gasteiger partial charge is 0.352 e. The number of rotatable bonds is 5. The number of nitrogens with one attached hydrogen (secondary N) is 1. The van der Waals surface area contributed by atoms with E-state index < -0.39 is 0 Å². The van der Waals surface area contributed by atoms with Crippen LogP contribution in [0.1, 0.15) is 57.3 Å². The van der Waals surface area contributed by atoms with Crippen molar-refractivity contribution in [3.05, 3.63) is 17.5 Å². The molecule has 19 heavy (non-hydrogen) atoms. The van der Waals surface area contributed by atoms with Gasteiger partial charge in [-0.1, -0.05) is 33.1 Å². The summed E-state index contributed by atoms with van der Waals surface area (Å²) in [7, 11) is 0. The summed E-state index contributed by atoms with van der Waals surface area (Å²) in [4.78, 5) is 12.1. The summed E-state index contributed by atoms with van der Waals surface area (Å²) >= 11 is 0. The van der Waals surface area contributed by atoms with Gasteiger partial charge in [0.1, 0.15) is 6.54 Å². The van der Waals surface area contributed by atoms with Gasteiger partial charge in [0.15, 0.2) is 0 Å². The van der Waals surface area contributed by atoms with E-state index in [2.05, 4.69) is 30.3 Å². The highest BCUT2D eigenvalue weighted by Crippen LogP contribution is 2.17. The molecule has 1 heterocycles. The van der Waals surface area contributed by atoms with Gasteiger partial charge in [0.05, 0.1) is 5.69 Å². The lowest BCUT2D eigenvalue weighted by molar-refractivity contribution is -0.122. The molecule has 0 saturated heterocycles. The van der Waals surface area contributed by atoms with Crippen molar-refractivity contribution >= 4 is 5.91 Å². The molecule has 1 aliphatic rings. The zero-order chi connectivity index (χ0) is 13.7. The Morgan fingerprint density at radius 1 is 1.32 bits per heavy atom. The Bertz CT molecular complexity index is 419. The number of carbonyl (C=O) groups is 1. The number of hydrogen-bond donors (Lipinski definition) is 1. The second-order valence-corrected chi connectivity index (χ2v) is 5.39. The minimum atomic E-state index is 0.104. The summed E-state index contributed by atoms with van der Waals surface area (Å²) in [5.41, 5.74) is 2.22. The molecule has 2 rings (SSSR count). The van der Waals surface area contributed by atoms with Crippen molar-refractivity contribution < 1.29 is 4.79 Å². The Balaban J connectivity index is 1.92. The van der Waals surface area contributed by atoms with Crippen molar-refractivity contribution in [2.45, 2.75) is 71.4 Å². The van der Waals surface area contributed by atoms with Crippen LogP contribution in [0.15, 0.2) is 6.07 Å². The molecular formula is C15H25N3O. The minimum Gasteiger partial charge on any atom is -0.352 e. The third-order valence-electron chi connectivity index (χ3n) is 3.90. The van der Waals surface area contributed by atoms with E-state index in [4.69, 9.17) is 0 Å². The lowest BCUT2D eigenvalue weighted by Crippen LogP contribution is -2.38. The zero-order valence-electron chi connectivity index (χ0n) is 12.1. The van der Waals surface area contributed by atoms with Crippen LogP contribution in [0.25, 0.3) is 0 Å². The molecule has 1 fully saturated rings. The van der Waals surface area contributed by atoms with Crippen LogP contribution in [-0.4, -0.2) is 21.7 Å². The van der Waals surface area contributed by atoms with Crippen LogP contribution in [0.2, 0.25) is 0 Å². The molecule has 1 aromatic rings. The molecule has 1 saturated carbocycles. The van der Waals surface area contributed by atoms with E-state index in [0.717, 1.165) is 37.1 Å². The summed E-state index contributed by atoms with van der Waals surface area (Å²) in [5, 5.41) is 7.63. The number of aryl methyl sites for hydroxylation is 2. The quantitative estimate of drug-likeness (QED) is 0.887. The van der Waals surface area contributed by atoms with E-state index >= 15 is 0 Å². The number of aromatic nitrogens is 2. The maximum absolute atomic E-state index is 12.1. The van der Waals surface area contributed by atoms with E-state index in [1.54, 1.807) is 0 Å². The minimum absolute atomic E-state index is 0.104. The number of amides is 1. The van der Waals surface area contributed by atoms with Crippen molar-refractivity contribution in [2.75, 3.05) is 0 Å². The molecule has 4 nitrogen and oxygen atoms in total. The number of nitrogens with zero attached hydrogens (tertiary/aromatic N) is 2. The third-order valence-corrected chi connectivity index (χ3v) is 3.90. The van der Waals surface area contributed by atoms with Gasteiger partial charge >= 0.3 is 0 Å². The highest BCUT2D eigenvalue weighted by molar-refractivity contribution is 5.76. The molecule has 1 N–H and O–H groups in total. The standard InChI is InChI=1S/C15H25N3O/c1-3-12-10-14(4-2)18(17-12)11-15(19)16-13-8-6-5-7-9-13/h10,13H,3-9,11H2,1-2H3,(H,16,19). The smallest absolute Gasteiger partial charge is 0.241 e. The van der Waals surface area contributed by atoms with Gasteiger partial charge in [0.2, 0.25) is 5.91 Å². The summed E-state index contributed by atoms with van der Waals surface area (Å²) in [6.45, 7) is 4.56. The van der Waals surface area contributed by atoms with E-state index in [1.165, 1.54) is 19.3 Å². The Morgan fingerprint density at radius 3 is 2.68 bits per heavy atom. The summed E-state index contributed by atoms with van der Waals surface area (Å²) in [6.07, 6.45) is 7.90. The van der Waals surface area contributed by atoms with Crippen molar-refractivity contribution in [1.82, 2.24) is 15.1 Å². The van der Waals surface area contributed by atoms with Gasteiger partial charge in [-0.3, -0.25) is 9.48 Å². The first-order valence-electron chi connectivity index (χ1n) is 7.57. The van der Waals surface area contributed by atoms with Crippen LogP contribution < -0.4 is 5.32 Å². The molecule has 4 heteroatoms. The van der Waals surface area contributed by atoms with Gasteiger partial charge in [-0.15, -0.1) is 0 Å². The van der Waals surface area contributed by atoms with Gasteiger partial charge in [0.25, 0.3) is 0 Å². The van der Waals surface area contributed by atoms with Crippen LogP contribution in [-0.2, 0) is 24.2 Å². The van der Waals surface area contributed by atoms with Gasteiger partial charge in [-0.2, -0.15) is 5.10 Å².